The van der Waals surface area contributed by atoms with E-state index in [0.29, 0.717) is 5.69 Å². The van der Waals surface area contributed by atoms with E-state index in [0.717, 1.165) is 28.9 Å². The summed E-state index contributed by atoms with van der Waals surface area (Å²) in [7, 11) is 0. The largest absolute Gasteiger partial charge is 0.477 e. The summed E-state index contributed by atoms with van der Waals surface area (Å²) in [6, 6.07) is 7.46. The number of benzene rings is 1. The quantitative estimate of drug-likeness (QED) is 0.517. The van der Waals surface area contributed by atoms with E-state index in [-0.39, 0.29) is 10.0 Å². The van der Waals surface area contributed by atoms with Gasteiger partial charge in [0.1, 0.15) is 4.88 Å². The molecule has 0 spiro atoms. The highest BCUT2D eigenvalue weighted by molar-refractivity contribution is 7.17. The minimum absolute atomic E-state index is 0.0864. The topological polar surface area (TPSA) is 99.0 Å². The molecule has 0 radical (unpaired) electrons. The molecule has 0 atom stereocenters. The van der Waals surface area contributed by atoms with Gasteiger partial charge < -0.3 is 5.11 Å². The number of rotatable bonds is 4. The third-order valence-electron chi connectivity index (χ3n) is 2.59. The van der Waals surface area contributed by atoms with Gasteiger partial charge >= 0.3 is 5.97 Å². The Labute approximate surface area is 113 Å². The highest BCUT2D eigenvalue weighted by atomic mass is 32.1. The Balaban J connectivity index is 2.66. The molecule has 96 valence electrons. The Morgan fingerprint density at radius 2 is 2.26 bits per heavy atom. The number of carboxylic acid groups (broad SMARTS) is 1. The lowest BCUT2D eigenvalue weighted by Gasteiger charge is -2.05. The van der Waals surface area contributed by atoms with Gasteiger partial charge in [0.25, 0.3) is 0 Å². The van der Waals surface area contributed by atoms with Crippen LogP contribution in [0.3, 0.4) is 0 Å². The zero-order valence-electron chi connectivity index (χ0n) is 10.1. The second-order valence-electron chi connectivity index (χ2n) is 3.68. The monoisotopic (exact) mass is 274 g/mol. The third kappa shape index (κ3) is 2.57. The number of aromatic carboxylic acids is 1. The Morgan fingerprint density at radius 1 is 1.53 bits per heavy atom. The number of aryl methyl sites for hydroxylation is 1. The summed E-state index contributed by atoms with van der Waals surface area (Å²) in [5, 5.41) is 12.7. The van der Waals surface area contributed by atoms with Crippen LogP contribution in [0.25, 0.3) is 21.7 Å². The maximum absolute atomic E-state index is 11.2. The molecule has 0 amide bonds. The lowest BCUT2D eigenvalue weighted by atomic mass is 10.0. The summed E-state index contributed by atoms with van der Waals surface area (Å²) in [5.74, 6) is -1.07. The van der Waals surface area contributed by atoms with Crippen LogP contribution in [0.1, 0.15) is 22.2 Å². The van der Waals surface area contributed by atoms with Gasteiger partial charge in [-0.2, -0.15) is 0 Å². The van der Waals surface area contributed by atoms with Gasteiger partial charge in [0.05, 0.1) is 5.69 Å². The van der Waals surface area contributed by atoms with Crippen LogP contribution in [0.2, 0.25) is 0 Å². The van der Waals surface area contributed by atoms with Crippen LogP contribution in [0.5, 0.6) is 0 Å². The van der Waals surface area contributed by atoms with Crippen LogP contribution in [0, 0.1) is 0 Å². The Bertz CT molecular complexity index is 674. The predicted octanol–water partition coefficient (Wildman–Crippen LogP) is 4.01. The van der Waals surface area contributed by atoms with Crippen LogP contribution < -0.4 is 0 Å². The molecule has 0 saturated heterocycles. The van der Waals surface area contributed by atoms with E-state index in [1.165, 1.54) is 0 Å². The summed E-state index contributed by atoms with van der Waals surface area (Å²) in [6.07, 6.45) is 0.767. The van der Waals surface area contributed by atoms with Crippen LogP contribution in [0.4, 0.5) is 5.13 Å². The molecule has 6 nitrogen and oxygen atoms in total. The van der Waals surface area contributed by atoms with Crippen molar-refractivity contribution in [3.05, 3.63) is 45.1 Å². The van der Waals surface area contributed by atoms with Crippen molar-refractivity contribution in [3.8, 4) is 11.3 Å². The number of nitrogens with zero attached hydrogens (tertiary/aromatic N) is 4. The molecule has 2 aromatic rings. The summed E-state index contributed by atoms with van der Waals surface area (Å²) in [5.41, 5.74) is 10.5. The lowest BCUT2D eigenvalue weighted by Crippen LogP contribution is -1.97. The van der Waals surface area contributed by atoms with E-state index in [1.54, 1.807) is 0 Å². The minimum atomic E-state index is -1.07. The standard InChI is InChI=1S/C12H10N4O2S/c1-2-7-5-3-4-6-8(7)9-10(11(17)18)19-12(14-9)15-16-13/h3-6H,2H2,1H3,(H,17,18). The Hall–Kier alpha value is -2.37. The van der Waals surface area contributed by atoms with Gasteiger partial charge in [-0.1, -0.05) is 31.2 Å². The first kappa shape index (κ1) is 13.1. The molecule has 2 rings (SSSR count). The molecule has 7 heteroatoms. The van der Waals surface area contributed by atoms with Crippen LogP contribution in [-0.2, 0) is 6.42 Å². The fraction of sp³-hybridized carbons (Fsp3) is 0.167. The van der Waals surface area contributed by atoms with E-state index in [1.807, 2.05) is 31.2 Å². The lowest BCUT2D eigenvalue weighted by molar-refractivity contribution is 0.0702. The number of carboxylic acids is 1. The molecular weight excluding hydrogens is 264 g/mol. The first-order chi connectivity index (χ1) is 9.17. The normalized spacial score (nSPS) is 9.95. The molecule has 19 heavy (non-hydrogen) atoms. The number of thiazole rings is 1. The average molecular weight is 274 g/mol. The van der Waals surface area contributed by atoms with Crippen molar-refractivity contribution in [2.24, 2.45) is 5.11 Å². The average Bonchev–Trinajstić information content (AvgIpc) is 2.83. The number of azide groups is 1. The van der Waals surface area contributed by atoms with Gasteiger partial charge in [-0.25, -0.2) is 9.78 Å². The van der Waals surface area contributed by atoms with Crippen LogP contribution >= 0.6 is 11.3 Å². The smallest absolute Gasteiger partial charge is 0.348 e. The molecule has 0 unspecified atom stereocenters. The molecule has 1 N–H and O–H groups in total. The van der Waals surface area contributed by atoms with E-state index in [4.69, 9.17) is 5.53 Å². The molecular formula is C12H10N4O2S. The van der Waals surface area contributed by atoms with Gasteiger partial charge in [0, 0.05) is 10.5 Å². The molecule has 0 aliphatic rings. The van der Waals surface area contributed by atoms with E-state index >= 15 is 0 Å². The predicted molar refractivity (Wildman–Crippen MR) is 72.7 cm³/mol. The molecule has 0 saturated carbocycles. The van der Waals surface area contributed by atoms with Crippen LogP contribution in [0.15, 0.2) is 29.4 Å². The molecule has 0 fully saturated rings. The van der Waals surface area contributed by atoms with Crippen molar-refractivity contribution in [1.82, 2.24) is 4.98 Å². The second-order valence-corrected chi connectivity index (χ2v) is 4.66. The van der Waals surface area contributed by atoms with Crippen molar-refractivity contribution in [2.75, 3.05) is 0 Å². The molecule has 1 heterocycles. The number of hydrogen-bond acceptors (Lipinski definition) is 4. The van der Waals surface area contributed by atoms with E-state index < -0.39 is 5.97 Å². The molecule has 0 aliphatic heterocycles. The number of aromatic nitrogens is 1. The summed E-state index contributed by atoms with van der Waals surface area (Å²) < 4.78 is 0. The zero-order valence-corrected chi connectivity index (χ0v) is 10.9. The number of hydrogen-bond donors (Lipinski definition) is 1. The van der Waals surface area contributed by atoms with Crippen molar-refractivity contribution in [1.29, 1.82) is 0 Å². The molecule has 0 bridgehead atoms. The summed E-state index contributed by atoms with van der Waals surface area (Å²) in [6.45, 7) is 1.99. The Morgan fingerprint density at radius 3 is 2.89 bits per heavy atom. The maximum atomic E-state index is 11.2. The Kier molecular flexibility index (Phi) is 3.79. The van der Waals surface area contributed by atoms with Crippen molar-refractivity contribution < 1.29 is 9.90 Å². The zero-order chi connectivity index (χ0) is 13.8. The van der Waals surface area contributed by atoms with Crippen LogP contribution in [-0.4, -0.2) is 16.1 Å². The molecule has 1 aromatic carbocycles. The third-order valence-corrected chi connectivity index (χ3v) is 3.52. The van der Waals surface area contributed by atoms with E-state index in [2.05, 4.69) is 15.0 Å². The highest BCUT2D eigenvalue weighted by Crippen LogP contribution is 2.34. The fourth-order valence-corrected chi connectivity index (χ4v) is 2.51. The van der Waals surface area contributed by atoms with Crippen molar-refractivity contribution >= 4 is 22.4 Å². The first-order valence-corrected chi connectivity index (χ1v) is 6.36. The summed E-state index contributed by atoms with van der Waals surface area (Å²) in [4.78, 5) is 18.1. The van der Waals surface area contributed by atoms with Crippen molar-refractivity contribution in [2.45, 2.75) is 13.3 Å². The second kappa shape index (κ2) is 5.51. The van der Waals surface area contributed by atoms with Crippen molar-refractivity contribution in [3.63, 3.8) is 0 Å². The number of carbonyl (C=O) groups is 1. The minimum Gasteiger partial charge on any atom is -0.477 e. The van der Waals surface area contributed by atoms with Gasteiger partial charge in [0.15, 0.2) is 5.13 Å². The van der Waals surface area contributed by atoms with Gasteiger partial charge in [-0.3, -0.25) is 0 Å². The molecule has 0 aliphatic carbocycles. The molecule has 1 aromatic heterocycles. The van der Waals surface area contributed by atoms with Gasteiger partial charge in [-0.15, -0.1) is 11.3 Å². The maximum Gasteiger partial charge on any atom is 0.348 e. The van der Waals surface area contributed by atoms with Gasteiger partial charge in [-0.05, 0) is 22.6 Å². The highest BCUT2D eigenvalue weighted by Gasteiger charge is 2.19. The first-order valence-electron chi connectivity index (χ1n) is 5.54. The fourth-order valence-electron chi connectivity index (χ4n) is 1.78. The van der Waals surface area contributed by atoms with E-state index in [9.17, 15) is 9.90 Å². The van der Waals surface area contributed by atoms with Gasteiger partial charge in [0.2, 0.25) is 0 Å². The SMILES string of the molecule is CCc1ccccc1-c1nc(N=[N+]=[N-])sc1C(=O)O. The summed E-state index contributed by atoms with van der Waals surface area (Å²) >= 11 is 0.875.